The summed E-state index contributed by atoms with van der Waals surface area (Å²) in [5.74, 6) is 0.0241. The van der Waals surface area contributed by atoms with Crippen molar-refractivity contribution in [1.29, 1.82) is 0 Å². The van der Waals surface area contributed by atoms with Crippen molar-refractivity contribution in [3.8, 4) is 0 Å². The molecule has 5 heteroatoms. The average Bonchev–Trinajstić information content (AvgIpc) is 2.45. The Bertz CT molecular complexity index is 566. The monoisotopic (exact) mass is 334 g/mol. The van der Waals surface area contributed by atoms with Gasteiger partial charge in [0.05, 0.1) is 6.04 Å². The number of nitrogens with zero attached hydrogens (tertiary/aromatic N) is 1. The van der Waals surface area contributed by atoms with Crippen LogP contribution in [0.3, 0.4) is 0 Å². The second-order valence-electron chi connectivity index (χ2n) is 7.89. The predicted molar refractivity (Wildman–Crippen MR) is 98.2 cm³/mol. The lowest BCUT2D eigenvalue weighted by molar-refractivity contribution is -0.120. The molecule has 4 nitrogen and oxygen atoms in total. The van der Waals surface area contributed by atoms with Gasteiger partial charge in [0.1, 0.15) is 0 Å². The van der Waals surface area contributed by atoms with Gasteiger partial charge in [-0.25, -0.2) is 0 Å². The Labute approximate surface area is 141 Å². The maximum atomic E-state index is 12.4. The van der Waals surface area contributed by atoms with Crippen LogP contribution in [0.4, 0.5) is 5.69 Å². The Morgan fingerprint density at radius 1 is 1.30 bits per heavy atom. The van der Waals surface area contributed by atoms with Crippen LogP contribution in [-0.2, 0) is 15.6 Å². The zero-order chi connectivity index (χ0) is 17.3. The van der Waals surface area contributed by atoms with Crippen LogP contribution in [-0.4, -0.2) is 33.4 Å². The van der Waals surface area contributed by atoms with E-state index in [1.54, 1.807) is 0 Å². The third kappa shape index (κ3) is 4.02. The van der Waals surface area contributed by atoms with Gasteiger partial charge in [0.25, 0.3) is 0 Å². The number of carbonyl (C=O) groups excluding carboxylic acids is 1. The summed E-state index contributed by atoms with van der Waals surface area (Å²) in [5, 5.41) is 0.211. The van der Waals surface area contributed by atoms with Crippen LogP contribution < -0.4 is 10.6 Å². The minimum atomic E-state index is -1.72. The molecule has 1 aliphatic rings. The van der Waals surface area contributed by atoms with E-state index in [2.05, 4.69) is 39.9 Å². The molecule has 129 valence electrons. The molecule has 1 aromatic carbocycles. The molecular weight excluding hydrogens is 304 g/mol. The van der Waals surface area contributed by atoms with E-state index in [0.29, 0.717) is 19.6 Å². The van der Waals surface area contributed by atoms with Gasteiger partial charge in [0.2, 0.25) is 5.91 Å². The van der Waals surface area contributed by atoms with Gasteiger partial charge in [-0.3, -0.25) is 4.79 Å². The Hall–Kier alpha value is -1.17. The van der Waals surface area contributed by atoms with Crippen LogP contribution in [0.2, 0.25) is 18.1 Å². The molecule has 1 heterocycles. The topological polar surface area (TPSA) is 55.6 Å². The molecule has 0 aromatic heterocycles. The molecule has 1 atom stereocenters. The van der Waals surface area contributed by atoms with Crippen LogP contribution in [0.15, 0.2) is 24.3 Å². The summed E-state index contributed by atoms with van der Waals surface area (Å²) in [6.45, 7) is 12.6. The molecule has 0 spiro atoms. The number of anilines is 1. The molecule has 2 N–H and O–H groups in total. The van der Waals surface area contributed by atoms with Gasteiger partial charge >= 0.3 is 0 Å². The van der Waals surface area contributed by atoms with Crippen LogP contribution >= 0.6 is 0 Å². The smallest absolute Gasteiger partial charge is 0.244 e. The Balaban J connectivity index is 1.97. The zero-order valence-electron chi connectivity index (χ0n) is 15.1. The van der Waals surface area contributed by atoms with Crippen molar-refractivity contribution in [2.24, 2.45) is 5.73 Å². The molecule has 23 heavy (non-hydrogen) atoms. The van der Waals surface area contributed by atoms with Crippen molar-refractivity contribution < 1.29 is 9.22 Å². The number of benzene rings is 1. The number of carbonyl (C=O) groups is 1. The number of hydrogen-bond acceptors (Lipinski definition) is 3. The summed E-state index contributed by atoms with van der Waals surface area (Å²) in [7, 11) is -1.72. The SMILES string of the molecule is CC(C)(C)[Si-](C)(C)OCCCN1C(=O)C(N)Cc2ccccc21. The van der Waals surface area contributed by atoms with E-state index in [9.17, 15) is 4.79 Å². The van der Waals surface area contributed by atoms with Crippen molar-refractivity contribution in [3.63, 3.8) is 0 Å². The van der Waals surface area contributed by atoms with Crippen LogP contribution in [0, 0.1) is 0 Å². The second kappa shape index (κ2) is 6.75. The number of fused-ring (bicyclic) bond motifs is 1. The third-order valence-electron chi connectivity index (χ3n) is 5.10. The van der Waals surface area contributed by atoms with E-state index in [1.807, 2.05) is 23.1 Å². The van der Waals surface area contributed by atoms with Crippen molar-refractivity contribution in [1.82, 2.24) is 0 Å². The Morgan fingerprint density at radius 2 is 1.96 bits per heavy atom. The highest BCUT2D eigenvalue weighted by Crippen LogP contribution is 2.36. The lowest BCUT2D eigenvalue weighted by Gasteiger charge is -2.48. The van der Waals surface area contributed by atoms with E-state index in [4.69, 9.17) is 10.2 Å². The van der Waals surface area contributed by atoms with Gasteiger partial charge in [-0.05, 0) is 32.8 Å². The highest BCUT2D eigenvalue weighted by Gasteiger charge is 2.30. The lowest BCUT2D eigenvalue weighted by Crippen LogP contribution is -2.49. The van der Waals surface area contributed by atoms with E-state index < -0.39 is 14.4 Å². The van der Waals surface area contributed by atoms with Gasteiger partial charge < -0.3 is 15.1 Å². The van der Waals surface area contributed by atoms with Gasteiger partial charge in [0.15, 0.2) is 0 Å². The molecule has 0 bridgehead atoms. The minimum absolute atomic E-state index is 0.0241. The molecular formula is C18H30N2O2Si-. The number of para-hydroxylation sites is 1. The zero-order valence-corrected chi connectivity index (χ0v) is 16.1. The van der Waals surface area contributed by atoms with Crippen molar-refractivity contribution in [3.05, 3.63) is 29.8 Å². The first-order valence-corrected chi connectivity index (χ1v) is 11.3. The summed E-state index contributed by atoms with van der Waals surface area (Å²) in [6.07, 6.45) is 1.46. The molecule has 0 saturated heterocycles. The molecule has 0 aliphatic carbocycles. The first-order chi connectivity index (χ1) is 10.6. The molecule has 2 rings (SSSR count). The third-order valence-corrected chi connectivity index (χ3v) is 9.64. The fourth-order valence-corrected chi connectivity index (χ4v) is 3.67. The number of nitrogens with two attached hydrogens (primary N) is 1. The molecule has 1 amide bonds. The average molecular weight is 335 g/mol. The van der Waals surface area contributed by atoms with Crippen molar-refractivity contribution in [2.45, 2.75) is 57.8 Å². The minimum Gasteiger partial charge on any atom is -0.564 e. The summed E-state index contributed by atoms with van der Waals surface area (Å²) in [4.78, 5) is 14.2. The van der Waals surface area contributed by atoms with Gasteiger partial charge in [-0.1, -0.05) is 39.0 Å². The van der Waals surface area contributed by atoms with Gasteiger partial charge in [-0.2, -0.15) is 0 Å². The van der Waals surface area contributed by atoms with E-state index in [0.717, 1.165) is 17.7 Å². The van der Waals surface area contributed by atoms with Crippen LogP contribution in [0.5, 0.6) is 0 Å². The Kier molecular flexibility index (Phi) is 5.33. The highest BCUT2D eigenvalue weighted by molar-refractivity contribution is 6.74. The standard InChI is InChI=1S/C18H30N2O2Si/c1-18(2,3)23(4,5)22-12-8-11-20-16-10-7-6-9-14(16)13-15(19)17(20)21/h6-7,9-10,15H,8,11-13,19H2,1-5H3/q-1. The number of amides is 1. The molecule has 1 aliphatic heterocycles. The van der Waals surface area contributed by atoms with Crippen molar-refractivity contribution >= 4 is 19.9 Å². The fraction of sp³-hybridized carbons (Fsp3) is 0.611. The molecule has 0 fully saturated rings. The van der Waals surface area contributed by atoms with Crippen molar-refractivity contribution in [2.75, 3.05) is 18.1 Å². The molecule has 0 radical (unpaired) electrons. The molecule has 1 aromatic rings. The first-order valence-electron chi connectivity index (χ1n) is 8.42. The summed E-state index contributed by atoms with van der Waals surface area (Å²) in [5.41, 5.74) is 8.16. The maximum absolute atomic E-state index is 12.4. The summed E-state index contributed by atoms with van der Waals surface area (Å²) in [6, 6.07) is 7.61. The van der Waals surface area contributed by atoms with Crippen LogP contribution in [0.1, 0.15) is 32.8 Å². The molecule has 0 saturated carbocycles. The van der Waals surface area contributed by atoms with Gasteiger partial charge in [-0.15, -0.1) is 18.1 Å². The maximum Gasteiger partial charge on any atom is 0.244 e. The fourth-order valence-electron chi connectivity index (χ4n) is 2.59. The van der Waals surface area contributed by atoms with E-state index in [-0.39, 0.29) is 10.9 Å². The first kappa shape index (κ1) is 18.2. The van der Waals surface area contributed by atoms with Gasteiger partial charge in [0, 0.05) is 18.8 Å². The largest absolute Gasteiger partial charge is 0.564 e. The number of rotatable bonds is 5. The highest BCUT2D eigenvalue weighted by atomic mass is 28.4. The van der Waals surface area contributed by atoms with E-state index >= 15 is 0 Å². The lowest BCUT2D eigenvalue weighted by atomic mass is 9.97. The summed E-state index contributed by atoms with van der Waals surface area (Å²) < 4.78 is 6.20. The summed E-state index contributed by atoms with van der Waals surface area (Å²) >= 11 is 0. The Morgan fingerprint density at radius 3 is 2.61 bits per heavy atom. The van der Waals surface area contributed by atoms with Crippen LogP contribution in [0.25, 0.3) is 0 Å². The normalized spacial score (nSPS) is 19.0. The predicted octanol–water partition coefficient (Wildman–Crippen LogP) is 3.31. The number of hydrogen-bond donors (Lipinski definition) is 1. The quantitative estimate of drug-likeness (QED) is 0.664. The molecule has 1 unspecified atom stereocenters. The van der Waals surface area contributed by atoms with E-state index in [1.165, 1.54) is 0 Å². The second-order valence-corrected chi connectivity index (χ2v) is 12.7.